The van der Waals surface area contributed by atoms with E-state index in [4.69, 9.17) is 9.47 Å². The average Bonchev–Trinajstić information content (AvgIpc) is 3.11. The van der Waals surface area contributed by atoms with Crippen LogP contribution in [-0.4, -0.2) is 41.4 Å². The van der Waals surface area contributed by atoms with Crippen molar-refractivity contribution in [1.82, 2.24) is 9.55 Å². The molecule has 1 aromatic carbocycles. The van der Waals surface area contributed by atoms with Crippen LogP contribution in [0.15, 0.2) is 43.0 Å². The molecule has 0 atom stereocenters. The van der Waals surface area contributed by atoms with Crippen LogP contribution >= 0.6 is 0 Å². The van der Waals surface area contributed by atoms with Crippen molar-refractivity contribution in [2.45, 2.75) is 25.4 Å². The second-order valence-corrected chi connectivity index (χ2v) is 5.50. The molecular formula is C17H21N3O3. The fourth-order valence-corrected chi connectivity index (χ4v) is 2.54. The van der Waals surface area contributed by atoms with Crippen molar-refractivity contribution in [2.75, 3.05) is 25.1 Å². The maximum Gasteiger partial charge on any atom is 0.226 e. The predicted octanol–water partition coefficient (Wildman–Crippen LogP) is 2.40. The van der Waals surface area contributed by atoms with Gasteiger partial charge in [0.25, 0.3) is 0 Å². The summed E-state index contributed by atoms with van der Waals surface area (Å²) in [7, 11) is 0. The Bertz CT molecular complexity index is 622. The number of nitrogens with zero attached hydrogens (tertiary/aromatic N) is 2. The summed E-state index contributed by atoms with van der Waals surface area (Å²) in [4.78, 5) is 16.0. The number of benzene rings is 1. The number of hydrogen-bond acceptors (Lipinski definition) is 4. The number of carbonyl (C=O) groups is 1. The van der Waals surface area contributed by atoms with Crippen molar-refractivity contribution in [3.63, 3.8) is 0 Å². The summed E-state index contributed by atoms with van der Waals surface area (Å²) >= 11 is 0. The average molecular weight is 315 g/mol. The molecule has 23 heavy (non-hydrogen) atoms. The quantitative estimate of drug-likeness (QED) is 0.889. The molecule has 1 amide bonds. The monoisotopic (exact) mass is 315 g/mol. The number of ether oxygens (including phenoxy) is 2. The highest BCUT2D eigenvalue weighted by atomic mass is 16.5. The second-order valence-electron chi connectivity index (χ2n) is 5.50. The van der Waals surface area contributed by atoms with Crippen molar-refractivity contribution < 1.29 is 14.3 Å². The number of amides is 1. The number of nitrogens with one attached hydrogen (secondary N) is 1. The van der Waals surface area contributed by atoms with E-state index in [1.54, 1.807) is 12.5 Å². The van der Waals surface area contributed by atoms with Crippen LogP contribution in [0.2, 0.25) is 0 Å². The fourth-order valence-electron chi connectivity index (χ4n) is 2.54. The summed E-state index contributed by atoms with van der Waals surface area (Å²) in [6.07, 6.45) is 7.71. The van der Waals surface area contributed by atoms with Gasteiger partial charge in [0, 0.05) is 37.0 Å². The van der Waals surface area contributed by atoms with E-state index < -0.39 is 0 Å². The first kappa shape index (κ1) is 15.7. The summed E-state index contributed by atoms with van der Waals surface area (Å²) in [5.41, 5.74) is 1.73. The van der Waals surface area contributed by atoms with Crippen molar-refractivity contribution in [3.05, 3.63) is 43.0 Å². The zero-order valence-corrected chi connectivity index (χ0v) is 13.0. The molecule has 0 saturated carbocycles. The lowest BCUT2D eigenvalue weighted by Crippen LogP contribution is -2.25. The van der Waals surface area contributed by atoms with E-state index in [1.807, 2.05) is 35.0 Å². The van der Waals surface area contributed by atoms with E-state index in [-0.39, 0.29) is 12.0 Å². The van der Waals surface area contributed by atoms with Gasteiger partial charge in [0.05, 0.1) is 25.5 Å². The van der Waals surface area contributed by atoms with Crippen molar-refractivity contribution in [1.29, 1.82) is 0 Å². The lowest BCUT2D eigenvalue weighted by molar-refractivity contribution is -0.118. The minimum absolute atomic E-state index is 0.0418. The van der Waals surface area contributed by atoms with Gasteiger partial charge in [0.2, 0.25) is 5.91 Å². The van der Waals surface area contributed by atoms with Crippen LogP contribution in [-0.2, 0) is 14.3 Å². The molecule has 1 aliphatic rings. The van der Waals surface area contributed by atoms with Gasteiger partial charge < -0.3 is 19.4 Å². The summed E-state index contributed by atoms with van der Waals surface area (Å²) in [6.45, 7) is 1.94. The zero-order valence-electron chi connectivity index (χ0n) is 13.0. The van der Waals surface area contributed by atoms with Crippen LogP contribution in [0.4, 0.5) is 5.69 Å². The Morgan fingerprint density at radius 1 is 1.39 bits per heavy atom. The molecule has 1 N–H and O–H groups in total. The van der Waals surface area contributed by atoms with E-state index in [0.29, 0.717) is 13.0 Å². The Balaban J connectivity index is 1.47. The van der Waals surface area contributed by atoms with E-state index in [2.05, 4.69) is 10.3 Å². The molecule has 6 nitrogen and oxygen atoms in total. The molecule has 0 radical (unpaired) electrons. The zero-order chi connectivity index (χ0) is 15.9. The lowest BCUT2D eigenvalue weighted by Gasteiger charge is -2.22. The van der Waals surface area contributed by atoms with Crippen molar-refractivity contribution in [2.24, 2.45) is 0 Å². The fraction of sp³-hybridized carbons (Fsp3) is 0.412. The summed E-state index contributed by atoms with van der Waals surface area (Å²) < 4.78 is 12.9. The third-order valence-electron chi connectivity index (χ3n) is 3.78. The Kier molecular flexibility index (Phi) is 5.39. The smallest absolute Gasteiger partial charge is 0.226 e. The molecular weight excluding hydrogens is 294 g/mol. The Morgan fingerprint density at radius 3 is 3.04 bits per heavy atom. The first-order chi connectivity index (χ1) is 11.3. The van der Waals surface area contributed by atoms with Crippen LogP contribution in [0, 0.1) is 0 Å². The standard InChI is InChI=1S/C17H21N3O3/c21-17(6-11-23-16-4-9-22-10-5-16)19-14-2-1-3-15(12-14)20-8-7-18-13-20/h1-3,7-8,12-13,16H,4-6,9-11H2,(H,19,21). The first-order valence-corrected chi connectivity index (χ1v) is 7.89. The highest BCUT2D eigenvalue weighted by Crippen LogP contribution is 2.15. The highest BCUT2D eigenvalue weighted by molar-refractivity contribution is 5.91. The van der Waals surface area contributed by atoms with Crippen LogP contribution in [0.3, 0.4) is 0 Å². The highest BCUT2D eigenvalue weighted by Gasteiger charge is 2.14. The van der Waals surface area contributed by atoms with E-state index >= 15 is 0 Å². The minimum Gasteiger partial charge on any atom is -0.381 e. The number of carbonyl (C=O) groups excluding carboxylic acids is 1. The van der Waals surface area contributed by atoms with Gasteiger partial charge in [0.15, 0.2) is 0 Å². The van der Waals surface area contributed by atoms with Crippen molar-refractivity contribution >= 4 is 11.6 Å². The van der Waals surface area contributed by atoms with Crippen LogP contribution < -0.4 is 5.32 Å². The minimum atomic E-state index is -0.0418. The predicted molar refractivity (Wildman–Crippen MR) is 86.6 cm³/mol. The largest absolute Gasteiger partial charge is 0.381 e. The van der Waals surface area contributed by atoms with Gasteiger partial charge in [-0.2, -0.15) is 0 Å². The molecule has 1 saturated heterocycles. The maximum atomic E-state index is 12.0. The van der Waals surface area contributed by atoms with Gasteiger partial charge in [-0.15, -0.1) is 0 Å². The molecule has 0 aliphatic carbocycles. The summed E-state index contributed by atoms with van der Waals surface area (Å²) in [6, 6.07) is 7.66. The number of aromatic nitrogens is 2. The topological polar surface area (TPSA) is 65.4 Å². The van der Waals surface area contributed by atoms with E-state index in [1.165, 1.54) is 0 Å². The molecule has 0 spiro atoms. The van der Waals surface area contributed by atoms with Crippen molar-refractivity contribution in [3.8, 4) is 5.69 Å². The molecule has 0 unspecified atom stereocenters. The Morgan fingerprint density at radius 2 is 2.26 bits per heavy atom. The molecule has 122 valence electrons. The molecule has 2 aromatic rings. The third-order valence-corrected chi connectivity index (χ3v) is 3.78. The molecule has 3 rings (SSSR count). The SMILES string of the molecule is O=C(CCOC1CCOCC1)Nc1cccc(-n2ccnc2)c1. The summed E-state index contributed by atoms with van der Waals surface area (Å²) in [5, 5.41) is 2.90. The third kappa shape index (κ3) is 4.64. The number of imidazole rings is 1. The van der Waals surface area contributed by atoms with Crippen LogP contribution in [0.5, 0.6) is 0 Å². The molecule has 0 bridgehead atoms. The van der Waals surface area contributed by atoms with Crippen LogP contribution in [0.1, 0.15) is 19.3 Å². The van der Waals surface area contributed by atoms with Gasteiger partial charge in [-0.25, -0.2) is 4.98 Å². The molecule has 6 heteroatoms. The summed E-state index contributed by atoms with van der Waals surface area (Å²) in [5.74, 6) is -0.0418. The van der Waals surface area contributed by atoms with E-state index in [0.717, 1.165) is 37.4 Å². The van der Waals surface area contributed by atoms with E-state index in [9.17, 15) is 4.79 Å². The van der Waals surface area contributed by atoms with Gasteiger partial charge >= 0.3 is 0 Å². The molecule has 1 fully saturated rings. The maximum absolute atomic E-state index is 12.0. The Hall–Kier alpha value is -2.18. The molecule has 1 aromatic heterocycles. The number of rotatable bonds is 6. The van der Waals surface area contributed by atoms with Crippen LogP contribution in [0.25, 0.3) is 5.69 Å². The normalized spacial score (nSPS) is 15.5. The van der Waals surface area contributed by atoms with Gasteiger partial charge in [-0.05, 0) is 31.0 Å². The lowest BCUT2D eigenvalue weighted by atomic mass is 10.1. The second kappa shape index (κ2) is 7.89. The van der Waals surface area contributed by atoms with Gasteiger partial charge in [-0.3, -0.25) is 4.79 Å². The number of anilines is 1. The van der Waals surface area contributed by atoms with Gasteiger partial charge in [-0.1, -0.05) is 6.07 Å². The number of hydrogen-bond donors (Lipinski definition) is 1. The molecule has 1 aliphatic heterocycles. The Labute approximate surface area is 135 Å². The van der Waals surface area contributed by atoms with Gasteiger partial charge in [0.1, 0.15) is 0 Å². The first-order valence-electron chi connectivity index (χ1n) is 7.89. The molecule has 2 heterocycles.